The first-order chi connectivity index (χ1) is 8.65. The van der Waals surface area contributed by atoms with Gasteiger partial charge < -0.3 is 5.73 Å². The molecule has 0 radical (unpaired) electrons. The number of sulfonamides is 1. The first-order valence-corrected chi connectivity index (χ1v) is 7.97. The van der Waals surface area contributed by atoms with E-state index in [2.05, 4.69) is 0 Å². The molecule has 0 aliphatic heterocycles. The standard InChI is InChI=1S/C14H24N2O2S/c1-14(2,3)11-19(17,18)16(4)10-13-8-6-5-7-12(13)9-15/h5-8H,9-11,15H2,1-4H3. The molecule has 0 amide bonds. The van der Waals surface area contributed by atoms with E-state index in [1.54, 1.807) is 7.05 Å². The van der Waals surface area contributed by atoms with Crippen LogP contribution in [0.4, 0.5) is 0 Å². The SMILES string of the molecule is CN(Cc1ccccc1CN)S(=O)(=O)CC(C)(C)C. The van der Waals surface area contributed by atoms with Gasteiger partial charge in [0.1, 0.15) is 0 Å². The lowest BCUT2D eigenvalue weighted by atomic mass is 10.0. The molecule has 1 rings (SSSR count). The maximum atomic E-state index is 12.2. The number of rotatable bonds is 5. The second kappa shape index (κ2) is 6.03. The second-order valence-electron chi connectivity index (χ2n) is 6.05. The zero-order valence-electron chi connectivity index (χ0n) is 12.2. The van der Waals surface area contributed by atoms with Crippen molar-refractivity contribution in [1.82, 2.24) is 4.31 Å². The van der Waals surface area contributed by atoms with Crippen molar-refractivity contribution in [2.45, 2.75) is 33.9 Å². The fourth-order valence-corrected chi connectivity index (χ4v) is 3.56. The molecule has 0 bridgehead atoms. The van der Waals surface area contributed by atoms with E-state index in [0.29, 0.717) is 13.1 Å². The van der Waals surface area contributed by atoms with Gasteiger partial charge >= 0.3 is 0 Å². The van der Waals surface area contributed by atoms with Gasteiger partial charge in [-0.3, -0.25) is 0 Å². The monoisotopic (exact) mass is 284 g/mol. The highest BCUT2D eigenvalue weighted by atomic mass is 32.2. The summed E-state index contributed by atoms with van der Waals surface area (Å²) in [7, 11) is -1.63. The fourth-order valence-electron chi connectivity index (χ4n) is 1.91. The van der Waals surface area contributed by atoms with E-state index >= 15 is 0 Å². The average molecular weight is 284 g/mol. The number of hydrogen-bond donors (Lipinski definition) is 1. The topological polar surface area (TPSA) is 63.4 Å². The minimum atomic E-state index is -3.25. The van der Waals surface area contributed by atoms with Crippen molar-refractivity contribution in [1.29, 1.82) is 0 Å². The summed E-state index contributed by atoms with van der Waals surface area (Å²) < 4.78 is 25.9. The predicted octanol–water partition coefficient (Wildman–Crippen LogP) is 1.95. The average Bonchev–Trinajstić information content (AvgIpc) is 2.26. The highest BCUT2D eigenvalue weighted by Gasteiger charge is 2.25. The lowest BCUT2D eigenvalue weighted by Crippen LogP contribution is -2.34. The fraction of sp³-hybridized carbons (Fsp3) is 0.571. The van der Waals surface area contributed by atoms with Gasteiger partial charge in [-0.15, -0.1) is 0 Å². The summed E-state index contributed by atoms with van der Waals surface area (Å²) in [6.07, 6.45) is 0. The van der Waals surface area contributed by atoms with Gasteiger partial charge in [0.05, 0.1) is 5.75 Å². The Bertz CT molecular complexity index is 518. The quantitative estimate of drug-likeness (QED) is 0.899. The molecule has 0 saturated heterocycles. The van der Waals surface area contributed by atoms with Crippen molar-refractivity contribution in [3.05, 3.63) is 35.4 Å². The molecule has 0 aliphatic carbocycles. The number of benzene rings is 1. The Morgan fingerprint density at radius 2 is 1.68 bits per heavy atom. The third-order valence-corrected chi connectivity index (χ3v) is 5.13. The van der Waals surface area contributed by atoms with Gasteiger partial charge in [0.2, 0.25) is 10.0 Å². The van der Waals surface area contributed by atoms with Crippen LogP contribution in [0.5, 0.6) is 0 Å². The van der Waals surface area contributed by atoms with Gasteiger partial charge in [0.25, 0.3) is 0 Å². The summed E-state index contributed by atoms with van der Waals surface area (Å²) >= 11 is 0. The first-order valence-electron chi connectivity index (χ1n) is 6.36. The summed E-state index contributed by atoms with van der Waals surface area (Å²) in [4.78, 5) is 0. The summed E-state index contributed by atoms with van der Waals surface area (Å²) in [5.74, 6) is 0.140. The highest BCUT2D eigenvalue weighted by molar-refractivity contribution is 7.89. The molecular weight excluding hydrogens is 260 g/mol. The minimum Gasteiger partial charge on any atom is -0.326 e. The van der Waals surface area contributed by atoms with E-state index in [1.165, 1.54) is 4.31 Å². The Morgan fingerprint density at radius 1 is 1.16 bits per heavy atom. The molecule has 0 atom stereocenters. The molecule has 19 heavy (non-hydrogen) atoms. The molecule has 2 N–H and O–H groups in total. The van der Waals surface area contributed by atoms with Crippen LogP contribution < -0.4 is 5.73 Å². The Balaban J connectivity index is 2.87. The van der Waals surface area contributed by atoms with E-state index in [0.717, 1.165) is 11.1 Å². The summed E-state index contributed by atoms with van der Waals surface area (Å²) in [5, 5.41) is 0. The highest BCUT2D eigenvalue weighted by Crippen LogP contribution is 2.20. The molecule has 108 valence electrons. The van der Waals surface area contributed by atoms with Crippen molar-refractivity contribution >= 4 is 10.0 Å². The molecule has 0 saturated carbocycles. The van der Waals surface area contributed by atoms with Crippen molar-refractivity contribution in [2.75, 3.05) is 12.8 Å². The lowest BCUT2D eigenvalue weighted by molar-refractivity contribution is 0.419. The zero-order chi connectivity index (χ0) is 14.7. The molecule has 0 fully saturated rings. The molecule has 4 nitrogen and oxygen atoms in total. The van der Waals surface area contributed by atoms with E-state index < -0.39 is 10.0 Å². The molecule has 0 aromatic heterocycles. The van der Waals surface area contributed by atoms with Gasteiger partial charge in [-0.1, -0.05) is 45.0 Å². The van der Waals surface area contributed by atoms with Crippen molar-refractivity contribution in [2.24, 2.45) is 11.1 Å². The number of nitrogens with two attached hydrogens (primary N) is 1. The van der Waals surface area contributed by atoms with Crippen LogP contribution in [0.3, 0.4) is 0 Å². The van der Waals surface area contributed by atoms with Crippen LogP contribution in [0, 0.1) is 5.41 Å². The summed E-state index contributed by atoms with van der Waals surface area (Å²) in [5.41, 5.74) is 7.37. The van der Waals surface area contributed by atoms with E-state index in [-0.39, 0.29) is 11.2 Å². The molecular formula is C14H24N2O2S. The predicted molar refractivity (Wildman–Crippen MR) is 79.0 cm³/mol. The van der Waals surface area contributed by atoms with Crippen molar-refractivity contribution in [3.63, 3.8) is 0 Å². The normalized spacial score (nSPS) is 12.9. The molecule has 1 aromatic rings. The Kier molecular flexibility index (Phi) is 5.12. The van der Waals surface area contributed by atoms with Crippen LogP contribution in [0.25, 0.3) is 0 Å². The van der Waals surface area contributed by atoms with Gasteiger partial charge in [-0.25, -0.2) is 12.7 Å². The molecule has 0 heterocycles. The maximum Gasteiger partial charge on any atom is 0.214 e. The van der Waals surface area contributed by atoms with Gasteiger partial charge in [-0.2, -0.15) is 0 Å². The third-order valence-electron chi connectivity index (χ3n) is 2.82. The second-order valence-corrected chi connectivity index (χ2v) is 8.12. The van der Waals surface area contributed by atoms with Gasteiger partial charge in [0.15, 0.2) is 0 Å². The molecule has 1 aromatic carbocycles. The largest absolute Gasteiger partial charge is 0.326 e. The summed E-state index contributed by atoms with van der Waals surface area (Å²) in [6, 6.07) is 7.67. The number of hydrogen-bond acceptors (Lipinski definition) is 3. The van der Waals surface area contributed by atoms with Crippen molar-refractivity contribution in [3.8, 4) is 0 Å². The first kappa shape index (κ1) is 16.1. The molecule has 0 unspecified atom stereocenters. The Hall–Kier alpha value is -0.910. The summed E-state index contributed by atoms with van der Waals surface area (Å²) in [6.45, 7) is 6.56. The van der Waals surface area contributed by atoms with Crippen LogP contribution in [0.1, 0.15) is 31.9 Å². The minimum absolute atomic E-state index is 0.140. The molecule has 5 heteroatoms. The van der Waals surface area contributed by atoms with Gasteiger partial charge in [-0.05, 0) is 16.5 Å². The smallest absolute Gasteiger partial charge is 0.214 e. The van der Waals surface area contributed by atoms with Crippen LogP contribution in [-0.4, -0.2) is 25.5 Å². The Labute approximate surface area is 116 Å². The van der Waals surface area contributed by atoms with Crippen LogP contribution in [0.15, 0.2) is 24.3 Å². The zero-order valence-corrected chi connectivity index (χ0v) is 13.0. The number of nitrogens with zero attached hydrogens (tertiary/aromatic N) is 1. The maximum absolute atomic E-state index is 12.2. The lowest BCUT2D eigenvalue weighted by Gasteiger charge is -2.24. The van der Waals surface area contributed by atoms with Crippen LogP contribution in [-0.2, 0) is 23.1 Å². The third kappa shape index (κ3) is 4.93. The van der Waals surface area contributed by atoms with E-state index in [4.69, 9.17) is 5.73 Å². The molecule has 0 spiro atoms. The van der Waals surface area contributed by atoms with E-state index in [9.17, 15) is 8.42 Å². The Morgan fingerprint density at radius 3 is 2.16 bits per heavy atom. The molecule has 0 aliphatic rings. The van der Waals surface area contributed by atoms with Crippen LogP contribution in [0.2, 0.25) is 0 Å². The van der Waals surface area contributed by atoms with Gasteiger partial charge in [0, 0.05) is 20.1 Å². The van der Waals surface area contributed by atoms with Crippen LogP contribution >= 0.6 is 0 Å². The van der Waals surface area contributed by atoms with Crippen molar-refractivity contribution < 1.29 is 8.42 Å². The van der Waals surface area contributed by atoms with E-state index in [1.807, 2.05) is 45.0 Å².